The first kappa shape index (κ1) is 18.1. The van der Waals surface area contributed by atoms with Crippen molar-refractivity contribution in [1.82, 2.24) is 10.2 Å². The molecule has 138 valence electrons. The van der Waals surface area contributed by atoms with Gasteiger partial charge in [-0.3, -0.25) is 4.79 Å². The molecular weight excluding hydrogens is 351 g/mol. The fourth-order valence-electron chi connectivity index (χ4n) is 2.36. The number of amides is 1. The first-order chi connectivity index (χ1) is 13.1. The van der Waals surface area contributed by atoms with E-state index in [0.717, 1.165) is 5.69 Å². The Morgan fingerprint density at radius 1 is 0.926 bits per heavy atom. The van der Waals surface area contributed by atoms with Crippen LogP contribution in [0.15, 0.2) is 54.6 Å². The number of carbonyl (C=O) groups excluding carboxylic acids is 1. The molecule has 1 aromatic heterocycles. The number of aromatic nitrogens is 2. The second-order valence-corrected chi connectivity index (χ2v) is 5.43. The highest BCUT2D eigenvalue weighted by atomic mass is 19.1. The molecule has 2 N–H and O–H groups in total. The quantitative estimate of drug-likeness (QED) is 0.691. The SMILES string of the molecule is COc1ccc(Nc2ccc(NC(=O)c3ccccc3F)nn2)cc1OC. The van der Waals surface area contributed by atoms with Gasteiger partial charge in [0.15, 0.2) is 23.1 Å². The first-order valence-electron chi connectivity index (χ1n) is 7.99. The van der Waals surface area contributed by atoms with Gasteiger partial charge in [0.05, 0.1) is 19.8 Å². The molecule has 7 nitrogen and oxygen atoms in total. The molecule has 0 unspecified atom stereocenters. The molecule has 0 atom stereocenters. The number of nitrogens with one attached hydrogen (secondary N) is 2. The van der Waals surface area contributed by atoms with Crippen molar-refractivity contribution in [2.75, 3.05) is 24.9 Å². The summed E-state index contributed by atoms with van der Waals surface area (Å²) in [6, 6.07) is 14.2. The number of nitrogens with zero attached hydrogens (tertiary/aromatic N) is 2. The van der Waals surface area contributed by atoms with Crippen LogP contribution in [0.2, 0.25) is 0 Å². The average Bonchev–Trinajstić information content (AvgIpc) is 2.69. The van der Waals surface area contributed by atoms with Crippen molar-refractivity contribution in [2.45, 2.75) is 0 Å². The van der Waals surface area contributed by atoms with E-state index in [-0.39, 0.29) is 11.4 Å². The van der Waals surface area contributed by atoms with Gasteiger partial charge in [-0.05, 0) is 36.4 Å². The van der Waals surface area contributed by atoms with Crippen molar-refractivity contribution in [3.63, 3.8) is 0 Å². The minimum Gasteiger partial charge on any atom is -0.493 e. The average molecular weight is 368 g/mol. The summed E-state index contributed by atoms with van der Waals surface area (Å²) in [5.41, 5.74) is 0.664. The monoisotopic (exact) mass is 368 g/mol. The number of benzene rings is 2. The lowest BCUT2D eigenvalue weighted by molar-refractivity contribution is 0.102. The zero-order valence-electron chi connectivity index (χ0n) is 14.7. The van der Waals surface area contributed by atoms with Gasteiger partial charge >= 0.3 is 0 Å². The molecule has 1 heterocycles. The van der Waals surface area contributed by atoms with Gasteiger partial charge in [-0.1, -0.05) is 12.1 Å². The Labute approximate surface area is 155 Å². The summed E-state index contributed by atoms with van der Waals surface area (Å²) in [5, 5.41) is 13.5. The second kappa shape index (κ2) is 8.13. The largest absolute Gasteiger partial charge is 0.493 e. The lowest BCUT2D eigenvalue weighted by Gasteiger charge is -2.11. The Morgan fingerprint density at radius 2 is 1.63 bits per heavy atom. The molecular formula is C19H17FN4O3. The summed E-state index contributed by atoms with van der Waals surface area (Å²) in [4.78, 5) is 12.1. The van der Waals surface area contributed by atoms with E-state index in [0.29, 0.717) is 17.3 Å². The van der Waals surface area contributed by atoms with E-state index in [1.165, 1.54) is 18.2 Å². The summed E-state index contributed by atoms with van der Waals surface area (Å²) in [6.45, 7) is 0. The highest BCUT2D eigenvalue weighted by molar-refractivity contribution is 6.03. The van der Waals surface area contributed by atoms with Crippen LogP contribution in [0, 0.1) is 5.82 Å². The molecule has 0 saturated heterocycles. The molecule has 2 aromatic carbocycles. The van der Waals surface area contributed by atoms with Crippen molar-refractivity contribution in [3.8, 4) is 11.5 Å². The Hall–Kier alpha value is -3.68. The fraction of sp³-hybridized carbons (Fsp3) is 0.105. The predicted molar refractivity (Wildman–Crippen MR) is 99.2 cm³/mol. The highest BCUT2D eigenvalue weighted by Crippen LogP contribution is 2.30. The predicted octanol–water partition coefficient (Wildman–Crippen LogP) is 3.63. The molecule has 0 bridgehead atoms. The van der Waals surface area contributed by atoms with Crippen LogP contribution in [-0.4, -0.2) is 30.3 Å². The molecule has 0 radical (unpaired) electrons. The van der Waals surface area contributed by atoms with Gasteiger partial charge in [-0.25, -0.2) is 4.39 Å². The summed E-state index contributed by atoms with van der Waals surface area (Å²) in [6.07, 6.45) is 0. The highest BCUT2D eigenvalue weighted by Gasteiger charge is 2.12. The van der Waals surface area contributed by atoms with E-state index in [9.17, 15) is 9.18 Å². The van der Waals surface area contributed by atoms with Crippen LogP contribution in [0.3, 0.4) is 0 Å². The lowest BCUT2D eigenvalue weighted by Crippen LogP contribution is -2.15. The zero-order valence-corrected chi connectivity index (χ0v) is 14.7. The van der Waals surface area contributed by atoms with Crippen LogP contribution in [0.4, 0.5) is 21.7 Å². The number of carbonyl (C=O) groups is 1. The number of hydrogen-bond acceptors (Lipinski definition) is 6. The number of anilines is 3. The van der Waals surface area contributed by atoms with Crippen molar-refractivity contribution in [3.05, 3.63) is 66.0 Å². The molecule has 0 saturated carbocycles. The van der Waals surface area contributed by atoms with Crippen LogP contribution in [0.5, 0.6) is 11.5 Å². The van der Waals surface area contributed by atoms with Gasteiger partial charge in [0.2, 0.25) is 0 Å². The Kier molecular flexibility index (Phi) is 5.46. The van der Waals surface area contributed by atoms with Crippen LogP contribution < -0.4 is 20.1 Å². The summed E-state index contributed by atoms with van der Waals surface area (Å²) < 4.78 is 24.1. The number of ether oxygens (including phenoxy) is 2. The van der Waals surface area contributed by atoms with Crippen molar-refractivity contribution < 1.29 is 18.7 Å². The third-order valence-corrected chi connectivity index (χ3v) is 3.68. The number of halogens is 1. The maximum absolute atomic E-state index is 13.6. The van der Waals surface area contributed by atoms with Crippen molar-refractivity contribution in [2.24, 2.45) is 0 Å². The van der Waals surface area contributed by atoms with E-state index in [1.54, 1.807) is 50.6 Å². The molecule has 8 heteroatoms. The molecule has 1 amide bonds. The molecule has 3 rings (SSSR count). The van der Waals surface area contributed by atoms with Gasteiger partial charge in [0.1, 0.15) is 5.82 Å². The van der Waals surface area contributed by atoms with Crippen molar-refractivity contribution in [1.29, 1.82) is 0 Å². The first-order valence-corrected chi connectivity index (χ1v) is 7.99. The number of rotatable bonds is 6. The molecule has 3 aromatic rings. The Morgan fingerprint density at radius 3 is 2.30 bits per heavy atom. The van der Waals surface area contributed by atoms with Gasteiger partial charge in [-0.15, -0.1) is 10.2 Å². The minimum atomic E-state index is -0.602. The normalized spacial score (nSPS) is 10.2. The number of hydrogen-bond donors (Lipinski definition) is 2. The van der Waals surface area contributed by atoms with E-state index >= 15 is 0 Å². The second-order valence-electron chi connectivity index (χ2n) is 5.43. The third-order valence-electron chi connectivity index (χ3n) is 3.68. The fourth-order valence-corrected chi connectivity index (χ4v) is 2.36. The standard InChI is InChI=1S/C19H17FN4O3/c1-26-15-8-7-12(11-16(15)27-2)21-17-9-10-18(24-23-17)22-19(25)13-5-3-4-6-14(13)20/h3-11H,1-2H3,(H,21,23)(H,22,24,25). The maximum Gasteiger partial charge on any atom is 0.259 e. The minimum absolute atomic E-state index is 0.0631. The van der Waals surface area contributed by atoms with Crippen molar-refractivity contribution >= 4 is 23.2 Å². The zero-order chi connectivity index (χ0) is 19.2. The molecule has 0 spiro atoms. The topological polar surface area (TPSA) is 85.4 Å². The maximum atomic E-state index is 13.6. The van der Waals surface area contributed by atoms with Gasteiger partial charge in [0.25, 0.3) is 5.91 Å². The summed E-state index contributed by atoms with van der Waals surface area (Å²) in [7, 11) is 3.11. The van der Waals surface area contributed by atoms with Gasteiger partial charge in [-0.2, -0.15) is 0 Å². The Bertz CT molecular complexity index is 948. The molecule has 27 heavy (non-hydrogen) atoms. The molecule has 0 aliphatic carbocycles. The van der Waals surface area contributed by atoms with E-state index in [1.807, 2.05) is 0 Å². The van der Waals surface area contributed by atoms with Crippen LogP contribution >= 0.6 is 0 Å². The Balaban J connectivity index is 1.69. The van der Waals surface area contributed by atoms with Gasteiger partial charge < -0.3 is 20.1 Å². The van der Waals surface area contributed by atoms with Crippen LogP contribution in [-0.2, 0) is 0 Å². The summed E-state index contributed by atoms with van der Waals surface area (Å²) >= 11 is 0. The number of methoxy groups -OCH3 is 2. The lowest BCUT2D eigenvalue weighted by atomic mass is 10.2. The molecule has 0 aliphatic rings. The molecule has 0 fully saturated rings. The third kappa shape index (κ3) is 4.30. The molecule has 0 aliphatic heterocycles. The van der Waals surface area contributed by atoms with Crippen LogP contribution in [0.1, 0.15) is 10.4 Å². The smallest absolute Gasteiger partial charge is 0.259 e. The van der Waals surface area contributed by atoms with E-state index in [4.69, 9.17) is 9.47 Å². The summed E-state index contributed by atoms with van der Waals surface area (Å²) in [5.74, 6) is 0.662. The van der Waals surface area contributed by atoms with E-state index < -0.39 is 11.7 Å². The van der Waals surface area contributed by atoms with Crippen LogP contribution in [0.25, 0.3) is 0 Å². The van der Waals surface area contributed by atoms with E-state index in [2.05, 4.69) is 20.8 Å². The van der Waals surface area contributed by atoms with Gasteiger partial charge in [0, 0.05) is 11.8 Å².